The monoisotopic (exact) mass is 324 g/mol. The summed E-state index contributed by atoms with van der Waals surface area (Å²) in [5, 5.41) is 0. The zero-order valence-electron chi connectivity index (χ0n) is 12.7. The molecule has 0 fully saturated rings. The maximum Gasteiger partial charge on any atom is 0.346 e. The summed E-state index contributed by atoms with van der Waals surface area (Å²) in [6, 6.07) is 19.5. The van der Waals surface area contributed by atoms with Gasteiger partial charge in [0.15, 0.2) is 0 Å². The molecule has 0 spiro atoms. The fraction of sp³-hybridized carbons (Fsp3) is 0.0500. The minimum absolute atomic E-state index is 0.300. The van der Waals surface area contributed by atoms with Crippen LogP contribution < -0.4 is 4.74 Å². The second-order valence-corrected chi connectivity index (χ2v) is 5.28. The molecule has 0 aliphatic heterocycles. The van der Waals surface area contributed by atoms with E-state index in [1.54, 1.807) is 12.1 Å². The van der Waals surface area contributed by atoms with Gasteiger partial charge in [-0.1, -0.05) is 48.5 Å². The van der Waals surface area contributed by atoms with Crippen molar-refractivity contribution in [2.45, 2.75) is 6.42 Å². The summed E-state index contributed by atoms with van der Waals surface area (Å²) >= 11 is 0. The van der Waals surface area contributed by atoms with Gasteiger partial charge in [-0.25, -0.2) is 13.6 Å². The molecule has 0 aliphatic carbocycles. The average Bonchev–Trinajstić information content (AvgIpc) is 2.57. The van der Waals surface area contributed by atoms with Gasteiger partial charge >= 0.3 is 5.97 Å². The molecule has 3 rings (SSSR count). The van der Waals surface area contributed by atoms with E-state index in [1.807, 2.05) is 42.5 Å². The predicted molar refractivity (Wildman–Crippen MR) is 87.0 cm³/mol. The van der Waals surface area contributed by atoms with Crippen LogP contribution in [-0.4, -0.2) is 5.97 Å². The van der Waals surface area contributed by atoms with Crippen molar-refractivity contribution in [1.29, 1.82) is 0 Å². The van der Waals surface area contributed by atoms with Crippen molar-refractivity contribution in [3.63, 3.8) is 0 Å². The quantitative estimate of drug-likeness (QED) is 0.510. The Balaban J connectivity index is 1.84. The third kappa shape index (κ3) is 3.66. The van der Waals surface area contributed by atoms with Crippen molar-refractivity contribution in [2.24, 2.45) is 0 Å². The smallest absolute Gasteiger partial charge is 0.346 e. The standard InChI is InChI=1S/C20H14F2O2/c21-16-10-11-17(18(22)13-16)20(23)24-19-9-5-4-8-15(19)12-14-6-2-1-3-7-14/h1-11,13H,12H2. The van der Waals surface area contributed by atoms with Crippen molar-refractivity contribution >= 4 is 5.97 Å². The Morgan fingerprint density at radius 2 is 1.58 bits per heavy atom. The Hall–Kier alpha value is -3.01. The van der Waals surface area contributed by atoms with E-state index in [0.717, 1.165) is 23.3 Å². The van der Waals surface area contributed by atoms with Crippen LogP contribution in [0.1, 0.15) is 21.5 Å². The van der Waals surface area contributed by atoms with Gasteiger partial charge in [-0.05, 0) is 29.3 Å². The van der Waals surface area contributed by atoms with Gasteiger partial charge in [0, 0.05) is 12.5 Å². The van der Waals surface area contributed by atoms with Crippen LogP contribution in [0.2, 0.25) is 0 Å². The molecule has 0 aromatic heterocycles. The molecule has 24 heavy (non-hydrogen) atoms. The summed E-state index contributed by atoms with van der Waals surface area (Å²) in [5.41, 5.74) is 1.57. The fourth-order valence-electron chi connectivity index (χ4n) is 2.38. The molecule has 0 atom stereocenters. The van der Waals surface area contributed by atoms with E-state index in [9.17, 15) is 13.6 Å². The largest absolute Gasteiger partial charge is 0.423 e. The minimum atomic E-state index is -0.944. The first kappa shape index (κ1) is 15.9. The van der Waals surface area contributed by atoms with E-state index in [1.165, 1.54) is 0 Å². The van der Waals surface area contributed by atoms with E-state index < -0.39 is 17.6 Å². The zero-order valence-corrected chi connectivity index (χ0v) is 12.7. The lowest BCUT2D eigenvalue weighted by Crippen LogP contribution is -2.12. The van der Waals surface area contributed by atoms with Gasteiger partial charge < -0.3 is 4.74 Å². The van der Waals surface area contributed by atoms with Crippen LogP contribution in [0.4, 0.5) is 8.78 Å². The lowest BCUT2D eigenvalue weighted by Gasteiger charge is -2.10. The molecular weight excluding hydrogens is 310 g/mol. The summed E-state index contributed by atoms with van der Waals surface area (Å²) < 4.78 is 32.0. The fourth-order valence-corrected chi connectivity index (χ4v) is 2.38. The molecule has 0 bridgehead atoms. The molecule has 0 saturated carbocycles. The van der Waals surface area contributed by atoms with Crippen LogP contribution in [0.3, 0.4) is 0 Å². The van der Waals surface area contributed by atoms with Crippen molar-refractivity contribution in [1.82, 2.24) is 0 Å². The van der Waals surface area contributed by atoms with Gasteiger partial charge in [-0.3, -0.25) is 0 Å². The highest BCUT2D eigenvalue weighted by Crippen LogP contribution is 2.23. The van der Waals surface area contributed by atoms with Crippen LogP contribution in [0, 0.1) is 11.6 Å². The maximum atomic E-state index is 13.7. The highest BCUT2D eigenvalue weighted by Gasteiger charge is 2.16. The van der Waals surface area contributed by atoms with E-state index in [0.29, 0.717) is 18.2 Å². The number of halogens is 2. The average molecular weight is 324 g/mol. The lowest BCUT2D eigenvalue weighted by atomic mass is 10.0. The Bertz CT molecular complexity index is 861. The topological polar surface area (TPSA) is 26.3 Å². The highest BCUT2D eigenvalue weighted by atomic mass is 19.1. The van der Waals surface area contributed by atoms with Gasteiger partial charge in [0.2, 0.25) is 0 Å². The van der Waals surface area contributed by atoms with Gasteiger partial charge in [0.1, 0.15) is 17.4 Å². The summed E-state index contributed by atoms with van der Waals surface area (Å²) in [6.07, 6.45) is 0.580. The van der Waals surface area contributed by atoms with Gasteiger partial charge in [-0.2, -0.15) is 0 Å². The zero-order chi connectivity index (χ0) is 16.9. The third-order valence-electron chi connectivity index (χ3n) is 3.56. The Labute approximate surface area is 138 Å². The summed E-state index contributed by atoms with van der Waals surface area (Å²) in [6.45, 7) is 0. The number of rotatable bonds is 4. The maximum absolute atomic E-state index is 13.7. The van der Waals surface area contributed by atoms with E-state index in [-0.39, 0.29) is 5.56 Å². The SMILES string of the molecule is O=C(Oc1ccccc1Cc1ccccc1)c1ccc(F)cc1F. The molecule has 0 heterocycles. The van der Waals surface area contributed by atoms with Crippen molar-refractivity contribution in [2.75, 3.05) is 0 Å². The Kier molecular flexibility index (Phi) is 4.66. The van der Waals surface area contributed by atoms with E-state index in [4.69, 9.17) is 4.74 Å². The van der Waals surface area contributed by atoms with Crippen molar-refractivity contribution < 1.29 is 18.3 Å². The van der Waals surface area contributed by atoms with E-state index in [2.05, 4.69) is 0 Å². The minimum Gasteiger partial charge on any atom is -0.423 e. The first-order chi connectivity index (χ1) is 11.6. The molecule has 3 aromatic rings. The van der Waals surface area contributed by atoms with E-state index >= 15 is 0 Å². The summed E-state index contributed by atoms with van der Waals surface area (Å²) in [5.74, 6) is -2.18. The van der Waals surface area contributed by atoms with Crippen LogP contribution >= 0.6 is 0 Å². The van der Waals surface area contributed by atoms with Gasteiger partial charge in [-0.15, -0.1) is 0 Å². The second-order valence-electron chi connectivity index (χ2n) is 5.28. The molecule has 0 unspecified atom stereocenters. The van der Waals surface area contributed by atoms with Crippen LogP contribution in [0.25, 0.3) is 0 Å². The molecule has 0 amide bonds. The molecule has 3 aromatic carbocycles. The Morgan fingerprint density at radius 1 is 0.875 bits per heavy atom. The first-order valence-electron chi connectivity index (χ1n) is 7.42. The van der Waals surface area contributed by atoms with Crippen LogP contribution in [-0.2, 0) is 6.42 Å². The normalized spacial score (nSPS) is 10.4. The molecule has 2 nitrogen and oxygen atoms in total. The number of benzene rings is 3. The molecule has 120 valence electrons. The van der Waals surface area contributed by atoms with Crippen molar-refractivity contribution in [3.05, 3.63) is 101 Å². The van der Waals surface area contributed by atoms with Crippen molar-refractivity contribution in [3.8, 4) is 5.75 Å². The number of hydrogen-bond donors (Lipinski definition) is 0. The van der Waals surface area contributed by atoms with Crippen LogP contribution in [0.5, 0.6) is 5.75 Å². The first-order valence-corrected chi connectivity index (χ1v) is 7.42. The molecule has 0 N–H and O–H groups in total. The lowest BCUT2D eigenvalue weighted by molar-refractivity contribution is 0.0728. The highest BCUT2D eigenvalue weighted by molar-refractivity contribution is 5.91. The van der Waals surface area contributed by atoms with Crippen LogP contribution in [0.15, 0.2) is 72.8 Å². The molecule has 0 radical (unpaired) electrons. The summed E-state index contributed by atoms with van der Waals surface area (Å²) in [7, 11) is 0. The number of carbonyl (C=O) groups is 1. The summed E-state index contributed by atoms with van der Waals surface area (Å²) in [4.78, 5) is 12.2. The number of esters is 1. The molecular formula is C20H14F2O2. The molecule has 0 saturated heterocycles. The Morgan fingerprint density at radius 3 is 2.33 bits per heavy atom. The van der Waals surface area contributed by atoms with Gasteiger partial charge in [0.05, 0.1) is 5.56 Å². The number of carbonyl (C=O) groups excluding carboxylic acids is 1. The molecule has 4 heteroatoms. The predicted octanol–water partition coefficient (Wildman–Crippen LogP) is 4.77. The second kappa shape index (κ2) is 7.04. The number of ether oxygens (including phenoxy) is 1. The number of hydrogen-bond acceptors (Lipinski definition) is 2. The number of para-hydroxylation sites is 1. The van der Waals surface area contributed by atoms with Gasteiger partial charge in [0.25, 0.3) is 0 Å². The third-order valence-corrected chi connectivity index (χ3v) is 3.56. The molecule has 0 aliphatic rings.